The summed E-state index contributed by atoms with van der Waals surface area (Å²) in [5.74, 6) is -3.39. The van der Waals surface area contributed by atoms with Crippen LogP contribution in [-0.4, -0.2) is 215 Å². The molecule has 9 N–H and O–H groups in total. The van der Waals surface area contributed by atoms with Crippen LogP contribution >= 0.6 is 0 Å². The van der Waals surface area contributed by atoms with Crippen molar-refractivity contribution in [2.45, 2.75) is 137 Å². The van der Waals surface area contributed by atoms with Gasteiger partial charge in [0, 0.05) is 14.0 Å². The molecule has 0 unspecified atom stereocenters. The Hall–Kier alpha value is -2.27. The highest BCUT2D eigenvalue weighted by atomic mass is 16.8. The summed E-state index contributed by atoms with van der Waals surface area (Å²) < 4.78 is 58.9. The molecule has 0 aromatic heterocycles. The Kier molecular flexibility index (Phi) is 14.6. The monoisotopic (exact) mass is 762 g/mol. The number of esters is 3. The van der Waals surface area contributed by atoms with Gasteiger partial charge in [-0.15, -0.1) is 0 Å². The van der Waals surface area contributed by atoms with Gasteiger partial charge >= 0.3 is 17.9 Å². The maximum Gasteiger partial charge on any atom is 0.337 e. The Labute approximate surface area is 295 Å². The zero-order valence-corrected chi connectivity index (χ0v) is 28.5. The smallest absolute Gasteiger partial charge is 0.337 e. The predicted octanol–water partition coefficient (Wildman–Crippen LogP) is -7.13. The third kappa shape index (κ3) is 8.82. The van der Waals surface area contributed by atoms with Crippen molar-refractivity contribution in [1.29, 1.82) is 0 Å². The number of aliphatic hydroxyl groups is 9. The van der Waals surface area contributed by atoms with E-state index in [9.17, 15) is 60.3 Å². The largest absolute Gasteiger partial charge is 0.467 e. The lowest BCUT2D eigenvalue weighted by Crippen LogP contribution is -2.69. The topological polar surface area (TPSA) is 335 Å². The quantitative estimate of drug-likeness (QED) is 0.0697. The summed E-state index contributed by atoms with van der Waals surface area (Å²) >= 11 is 0. The molecule has 0 aliphatic carbocycles. The first-order valence-electron chi connectivity index (χ1n) is 16.0. The first-order chi connectivity index (χ1) is 24.5. The fraction of sp³-hybridized carbons (Fsp3) is 0.897. The summed E-state index contributed by atoms with van der Waals surface area (Å²) in [6, 6.07) is 0. The van der Waals surface area contributed by atoms with Gasteiger partial charge in [-0.1, -0.05) is 0 Å². The second-order valence-electron chi connectivity index (χ2n) is 12.4. The van der Waals surface area contributed by atoms with Crippen molar-refractivity contribution in [1.82, 2.24) is 0 Å². The van der Waals surface area contributed by atoms with Crippen molar-refractivity contribution in [3.63, 3.8) is 0 Å². The van der Waals surface area contributed by atoms with Gasteiger partial charge in [0.15, 0.2) is 49.6 Å². The van der Waals surface area contributed by atoms with Crippen LogP contribution in [0.1, 0.15) is 13.8 Å². The highest BCUT2D eigenvalue weighted by Gasteiger charge is 2.58. The van der Waals surface area contributed by atoms with Gasteiger partial charge in [0.1, 0.15) is 67.1 Å². The molecular formula is C29H46O23. The summed E-state index contributed by atoms with van der Waals surface area (Å²) in [7, 11) is 3.11. The van der Waals surface area contributed by atoms with Crippen LogP contribution in [-0.2, 0) is 66.5 Å². The van der Waals surface area contributed by atoms with Crippen LogP contribution in [0.4, 0.5) is 0 Å². The molecule has 4 rings (SSSR count). The lowest BCUT2D eigenvalue weighted by Gasteiger charge is -2.49. The number of rotatable bonds is 11. The molecule has 0 bridgehead atoms. The van der Waals surface area contributed by atoms with E-state index in [-0.39, 0.29) is 6.61 Å². The van der Waals surface area contributed by atoms with Crippen LogP contribution in [0.5, 0.6) is 0 Å². The number of aliphatic hydroxyl groups excluding tert-OH is 9. The zero-order valence-electron chi connectivity index (χ0n) is 28.5. The molecule has 20 atom stereocenters. The minimum atomic E-state index is -2.24. The molecular weight excluding hydrogens is 716 g/mol. The van der Waals surface area contributed by atoms with E-state index in [0.717, 1.165) is 21.1 Å². The van der Waals surface area contributed by atoms with E-state index < -0.39 is 141 Å². The Morgan fingerprint density at radius 3 is 1.63 bits per heavy atom. The number of methoxy groups -OCH3 is 3. The molecule has 4 fully saturated rings. The lowest BCUT2D eigenvalue weighted by atomic mass is 9.95. The van der Waals surface area contributed by atoms with E-state index in [1.54, 1.807) is 0 Å². The van der Waals surface area contributed by atoms with Gasteiger partial charge in [0.05, 0.1) is 26.9 Å². The fourth-order valence-electron chi connectivity index (χ4n) is 6.08. The molecule has 4 aliphatic heterocycles. The average molecular weight is 763 g/mol. The molecule has 4 saturated heterocycles. The van der Waals surface area contributed by atoms with Gasteiger partial charge in [-0.05, 0) is 6.92 Å². The summed E-state index contributed by atoms with van der Waals surface area (Å²) in [6.45, 7) is 2.02. The Morgan fingerprint density at radius 1 is 0.538 bits per heavy atom. The highest BCUT2D eigenvalue weighted by Crippen LogP contribution is 2.36. The molecule has 23 nitrogen and oxygen atoms in total. The summed E-state index contributed by atoms with van der Waals surface area (Å²) in [5.41, 5.74) is 0. The molecule has 0 aromatic carbocycles. The first kappa shape index (κ1) is 42.5. The molecule has 0 amide bonds. The third-order valence-electron chi connectivity index (χ3n) is 8.91. The van der Waals surface area contributed by atoms with E-state index in [4.69, 9.17) is 47.4 Å². The maximum atomic E-state index is 13.1. The minimum Gasteiger partial charge on any atom is -0.467 e. The summed E-state index contributed by atoms with van der Waals surface area (Å²) in [4.78, 5) is 37.4. The third-order valence-corrected chi connectivity index (χ3v) is 8.91. The molecule has 52 heavy (non-hydrogen) atoms. The van der Waals surface area contributed by atoms with Crippen LogP contribution in [0.15, 0.2) is 0 Å². The van der Waals surface area contributed by atoms with Gasteiger partial charge in [-0.3, -0.25) is 4.79 Å². The molecule has 4 aliphatic rings. The van der Waals surface area contributed by atoms with Crippen molar-refractivity contribution in [2.75, 3.05) is 27.9 Å². The summed E-state index contributed by atoms with van der Waals surface area (Å²) in [6.07, 6.45) is -37.9. The van der Waals surface area contributed by atoms with E-state index in [1.165, 1.54) is 14.0 Å². The number of hydrogen-bond donors (Lipinski definition) is 9. The maximum absolute atomic E-state index is 13.1. The summed E-state index contributed by atoms with van der Waals surface area (Å²) in [5, 5.41) is 96.5. The van der Waals surface area contributed by atoms with E-state index >= 15 is 0 Å². The van der Waals surface area contributed by atoms with Gasteiger partial charge in [0.2, 0.25) is 0 Å². The molecule has 23 heteroatoms. The Morgan fingerprint density at radius 2 is 1.06 bits per heavy atom. The Bertz CT molecular complexity index is 1210. The van der Waals surface area contributed by atoms with Gasteiger partial charge in [0.25, 0.3) is 0 Å². The van der Waals surface area contributed by atoms with E-state index in [2.05, 4.69) is 4.74 Å². The second-order valence-corrected chi connectivity index (χ2v) is 12.4. The normalized spacial score (nSPS) is 47.0. The molecule has 0 saturated carbocycles. The minimum absolute atomic E-state index is 0.317. The van der Waals surface area contributed by atoms with Crippen molar-refractivity contribution >= 4 is 17.9 Å². The fourth-order valence-corrected chi connectivity index (χ4v) is 6.08. The zero-order chi connectivity index (χ0) is 38.8. The van der Waals surface area contributed by atoms with Crippen LogP contribution in [0.2, 0.25) is 0 Å². The standard InChI is InChI=1S/C29H46O23/c1-7-10(31)18(46-8(2)30)23(26(41)45-7)52-29-21(50-28-16(37)13(34)14(35)20(49-28)24(39)43-4)17(38)19(22(51-29)25(40)44-5)48-27-15(36)12(33)11(32)9(47-27)6-42-3/h7,9-23,26-29,31-38,41H,6H2,1-5H3/t7-,9+,10-,11-,12-,13-,14+,15+,16+,17-,18+,19+,20-,21+,22-,23+,26+,27-,28+,29+/m0/s1. The second kappa shape index (κ2) is 17.9. The molecule has 4 heterocycles. The molecule has 0 aromatic rings. The molecule has 300 valence electrons. The van der Waals surface area contributed by atoms with Crippen molar-refractivity contribution < 1.29 is 112 Å². The van der Waals surface area contributed by atoms with Crippen LogP contribution in [0.3, 0.4) is 0 Å². The van der Waals surface area contributed by atoms with Crippen LogP contribution in [0.25, 0.3) is 0 Å². The first-order valence-corrected chi connectivity index (χ1v) is 16.0. The molecule has 0 radical (unpaired) electrons. The predicted molar refractivity (Wildman–Crippen MR) is 157 cm³/mol. The Balaban J connectivity index is 1.74. The van der Waals surface area contributed by atoms with Crippen LogP contribution < -0.4 is 0 Å². The van der Waals surface area contributed by atoms with E-state index in [0.29, 0.717) is 0 Å². The lowest BCUT2D eigenvalue weighted by molar-refractivity contribution is -0.398. The number of carbonyl (C=O) groups is 3. The van der Waals surface area contributed by atoms with Crippen molar-refractivity contribution in [2.24, 2.45) is 0 Å². The van der Waals surface area contributed by atoms with E-state index in [1.807, 2.05) is 0 Å². The number of hydrogen-bond acceptors (Lipinski definition) is 23. The van der Waals surface area contributed by atoms with Crippen LogP contribution in [0, 0.1) is 0 Å². The number of ether oxygens (including phenoxy) is 11. The molecule has 0 spiro atoms. The van der Waals surface area contributed by atoms with Gasteiger partial charge < -0.3 is 98.1 Å². The highest BCUT2D eigenvalue weighted by molar-refractivity contribution is 5.76. The number of carbonyl (C=O) groups excluding carboxylic acids is 3. The van der Waals surface area contributed by atoms with Gasteiger partial charge in [-0.25, -0.2) is 9.59 Å². The average Bonchev–Trinajstić information content (AvgIpc) is 3.10. The van der Waals surface area contributed by atoms with Gasteiger partial charge in [-0.2, -0.15) is 0 Å². The SMILES string of the molecule is COC[C@H]1O[C@@H](O[C@@H]2[C@H](O)[C@@H](O[C@H]3O[C@H](C(=O)OC)[C@H](O)[C@H](O)[C@H]3O)[C@@H](O[C@@H]3[C@H](OC(C)=O)[C@@H](O)[C@H](C)O[C@H]3O)O[C@@H]2C(=O)OC)[C@H](O)[C@@H](O)[C@H]1O. The van der Waals surface area contributed by atoms with Crippen molar-refractivity contribution in [3.8, 4) is 0 Å². The van der Waals surface area contributed by atoms with Crippen molar-refractivity contribution in [3.05, 3.63) is 0 Å².